The van der Waals surface area contributed by atoms with Gasteiger partial charge >= 0.3 is 5.97 Å². The van der Waals surface area contributed by atoms with Crippen LogP contribution in [0.25, 0.3) is 0 Å². The van der Waals surface area contributed by atoms with Gasteiger partial charge in [0, 0.05) is 18.1 Å². The number of carboxylic acid groups (broad SMARTS) is 1. The van der Waals surface area contributed by atoms with E-state index in [0.717, 1.165) is 18.4 Å². The van der Waals surface area contributed by atoms with E-state index in [1.54, 1.807) is 17.0 Å². The summed E-state index contributed by atoms with van der Waals surface area (Å²) in [6.07, 6.45) is 2.52. The number of hydrogen-bond donors (Lipinski definition) is 1. The molecule has 1 amide bonds. The molecule has 1 saturated carbocycles. The predicted molar refractivity (Wildman–Crippen MR) is 88.5 cm³/mol. The second kappa shape index (κ2) is 5.52. The van der Waals surface area contributed by atoms with Gasteiger partial charge < -0.3 is 10.0 Å². The zero-order chi connectivity index (χ0) is 16.8. The second-order valence-corrected chi connectivity index (χ2v) is 7.80. The summed E-state index contributed by atoms with van der Waals surface area (Å²) < 4.78 is 0. The van der Waals surface area contributed by atoms with E-state index in [-0.39, 0.29) is 11.8 Å². The number of carbonyl (C=O) groups is 2. The summed E-state index contributed by atoms with van der Waals surface area (Å²) in [7, 11) is 0. The van der Waals surface area contributed by atoms with Gasteiger partial charge in [-0.05, 0) is 50.3 Å². The highest BCUT2D eigenvalue weighted by atomic mass is 35.5. The van der Waals surface area contributed by atoms with Crippen LogP contribution in [0.4, 0.5) is 0 Å². The predicted octanol–water partition coefficient (Wildman–Crippen LogP) is 3.33. The normalized spacial score (nSPS) is 27.1. The summed E-state index contributed by atoms with van der Waals surface area (Å²) >= 11 is 5.93. The Balaban J connectivity index is 1.84. The molecule has 1 aliphatic carbocycles. The first-order chi connectivity index (χ1) is 10.8. The van der Waals surface area contributed by atoms with Crippen LogP contribution >= 0.6 is 11.6 Å². The highest BCUT2D eigenvalue weighted by Crippen LogP contribution is 2.49. The first-order valence-electron chi connectivity index (χ1n) is 8.06. The fourth-order valence-corrected chi connectivity index (χ4v) is 4.30. The molecule has 2 atom stereocenters. The molecule has 1 heterocycles. The molecule has 0 spiro atoms. The van der Waals surface area contributed by atoms with E-state index < -0.39 is 16.8 Å². The molecule has 0 radical (unpaired) electrons. The highest BCUT2D eigenvalue weighted by molar-refractivity contribution is 6.30. The molecule has 1 aromatic rings. The number of benzene rings is 1. The first-order valence-corrected chi connectivity index (χ1v) is 8.44. The topological polar surface area (TPSA) is 57.6 Å². The standard InChI is InChI=1S/C18H22ClNO3/c1-17(2,12-5-7-14(19)8-6-12)15(21)20-10-13-4-3-9-18(13,11-20)16(22)23/h5-8,13H,3-4,9-11H2,1-2H3,(H,22,23)/t13-,18+/m0/s1. The molecule has 23 heavy (non-hydrogen) atoms. The molecule has 5 heteroatoms. The highest BCUT2D eigenvalue weighted by Gasteiger charge is 2.56. The molecule has 124 valence electrons. The number of nitrogens with zero attached hydrogens (tertiary/aromatic N) is 1. The van der Waals surface area contributed by atoms with E-state index in [2.05, 4.69) is 0 Å². The number of aliphatic carboxylic acids is 1. The van der Waals surface area contributed by atoms with Crippen LogP contribution in [0.15, 0.2) is 24.3 Å². The molecule has 1 aromatic carbocycles. The van der Waals surface area contributed by atoms with Crippen molar-refractivity contribution >= 4 is 23.5 Å². The van der Waals surface area contributed by atoms with Gasteiger partial charge in [0.05, 0.1) is 10.8 Å². The fourth-order valence-electron chi connectivity index (χ4n) is 4.18. The van der Waals surface area contributed by atoms with Crippen molar-refractivity contribution in [3.63, 3.8) is 0 Å². The van der Waals surface area contributed by atoms with Gasteiger partial charge in [0.2, 0.25) is 5.91 Å². The minimum absolute atomic E-state index is 0.00477. The Bertz CT molecular complexity index is 640. The van der Waals surface area contributed by atoms with Crippen LogP contribution in [0.3, 0.4) is 0 Å². The molecule has 1 N–H and O–H groups in total. The smallest absolute Gasteiger partial charge is 0.311 e. The van der Waals surface area contributed by atoms with Crippen LogP contribution in [-0.4, -0.2) is 35.0 Å². The summed E-state index contributed by atoms with van der Waals surface area (Å²) in [6, 6.07) is 7.29. The summed E-state index contributed by atoms with van der Waals surface area (Å²) in [4.78, 5) is 26.6. The van der Waals surface area contributed by atoms with Crippen molar-refractivity contribution in [2.45, 2.75) is 38.5 Å². The lowest BCUT2D eigenvalue weighted by Gasteiger charge is -2.31. The third kappa shape index (κ3) is 2.53. The number of rotatable bonds is 3. The van der Waals surface area contributed by atoms with Crippen molar-refractivity contribution in [2.24, 2.45) is 11.3 Å². The van der Waals surface area contributed by atoms with Crippen molar-refractivity contribution in [3.8, 4) is 0 Å². The van der Waals surface area contributed by atoms with Gasteiger partial charge in [-0.1, -0.05) is 30.2 Å². The van der Waals surface area contributed by atoms with Gasteiger partial charge in [-0.2, -0.15) is 0 Å². The van der Waals surface area contributed by atoms with Gasteiger partial charge in [-0.15, -0.1) is 0 Å². The molecular weight excluding hydrogens is 314 g/mol. The Hall–Kier alpha value is -1.55. The lowest BCUT2D eigenvalue weighted by atomic mass is 9.81. The maximum absolute atomic E-state index is 13.0. The number of carbonyl (C=O) groups excluding carboxylic acids is 1. The largest absolute Gasteiger partial charge is 0.481 e. The Morgan fingerprint density at radius 1 is 1.30 bits per heavy atom. The van der Waals surface area contributed by atoms with E-state index in [9.17, 15) is 14.7 Å². The molecular formula is C18H22ClNO3. The molecule has 0 bridgehead atoms. The Morgan fingerprint density at radius 3 is 2.52 bits per heavy atom. The fraction of sp³-hybridized carbons (Fsp3) is 0.556. The molecule has 1 aliphatic heterocycles. The molecule has 2 fully saturated rings. The maximum Gasteiger partial charge on any atom is 0.311 e. The number of amides is 1. The summed E-state index contributed by atoms with van der Waals surface area (Å²) in [5, 5.41) is 10.3. The van der Waals surface area contributed by atoms with Crippen LogP contribution in [-0.2, 0) is 15.0 Å². The maximum atomic E-state index is 13.0. The average molecular weight is 336 g/mol. The number of hydrogen-bond acceptors (Lipinski definition) is 2. The van der Waals surface area contributed by atoms with Crippen LogP contribution in [0.2, 0.25) is 5.02 Å². The lowest BCUT2D eigenvalue weighted by Crippen LogP contribution is -2.44. The van der Waals surface area contributed by atoms with Gasteiger partial charge in [-0.3, -0.25) is 9.59 Å². The quantitative estimate of drug-likeness (QED) is 0.921. The van der Waals surface area contributed by atoms with Gasteiger partial charge in [-0.25, -0.2) is 0 Å². The van der Waals surface area contributed by atoms with Crippen LogP contribution < -0.4 is 0 Å². The van der Waals surface area contributed by atoms with E-state index in [1.807, 2.05) is 26.0 Å². The molecule has 2 aliphatic rings. The Labute approximate surface area is 141 Å². The molecule has 4 nitrogen and oxygen atoms in total. The molecule has 0 aromatic heterocycles. The second-order valence-electron chi connectivity index (χ2n) is 7.37. The minimum atomic E-state index is -0.750. The van der Waals surface area contributed by atoms with Gasteiger partial charge in [0.15, 0.2) is 0 Å². The van der Waals surface area contributed by atoms with E-state index in [4.69, 9.17) is 11.6 Å². The lowest BCUT2D eigenvalue weighted by molar-refractivity contribution is -0.149. The first kappa shape index (κ1) is 16.3. The monoisotopic (exact) mass is 335 g/mol. The van der Waals surface area contributed by atoms with Crippen molar-refractivity contribution in [1.29, 1.82) is 0 Å². The zero-order valence-corrected chi connectivity index (χ0v) is 14.3. The van der Waals surface area contributed by atoms with Crippen LogP contribution in [0, 0.1) is 11.3 Å². The number of fused-ring (bicyclic) bond motifs is 1. The summed E-state index contributed by atoms with van der Waals surface area (Å²) in [5.41, 5.74) is -0.525. The molecule has 1 saturated heterocycles. The van der Waals surface area contributed by atoms with Crippen LogP contribution in [0.1, 0.15) is 38.7 Å². The number of halogens is 1. The van der Waals surface area contributed by atoms with E-state index in [1.165, 1.54) is 0 Å². The van der Waals surface area contributed by atoms with Gasteiger partial charge in [0.25, 0.3) is 0 Å². The third-order valence-corrected chi connectivity index (χ3v) is 5.94. The summed E-state index contributed by atoms with van der Waals surface area (Å²) in [6.45, 7) is 4.67. The zero-order valence-electron chi connectivity index (χ0n) is 13.5. The van der Waals surface area contributed by atoms with Crippen molar-refractivity contribution < 1.29 is 14.7 Å². The van der Waals surface area contributed by atoms with Crippen LogP contribution in [0.5, 0.6) is 0 Å². The van der Waals surface area contributed by atoms with Crippen molar-refractivity contribution in [2.75, 3.05) is 13.1 Å². The third-order valence-electron chi connectivity index (χ3n) is 5.68. The Kier molecular flexibility index (Phi) is 3.91. The molecule has 0 unspecified atom stereocenters. The number of likely N-dealkylation sites (tertiary alicyclic amines) is 1. The van der Waals surface area contributed by atoms with E-state index >= 15 is 0 Å². The molecule has 3 rings (SSSR count). The SMILES string of the molecule is CC(C)(C(=O)N1C[C@@H]2CCC[C@@]2(C(=O)O)C1)c1ccc(Cl)cc1. The minimum Gasteiger partial charge on any atom is -0.481 e. The average Bonchev–Trinajstić information content (AvgIpc) is 3.04. The summed E-state index contributed by atoms with van der Waals surface area (Å²) in [5.74, 6) is -0.667. The van der Waals surface area contributed by atoms with Crippen molar-refractivity contribution in [1.82, 2.24) is 4.90 Å². The number of carboxylic acids is 1. The van der Waals surface area contributed by atoms with Crippen molar-refractivity contribution in [3.05, 3.63) is 34.9 Å². The Morgan fingerprint density at radius 2 is 1.96 bits per heavy atom. The van der Waals surface area contributed by atoms with Gasteiger partial charge in [0.1, 0.15) is 0 Å². The van der Waals surface area contributed by atoms with E-state index in [0.29, 0.717) is 24.5 Å².